The van der Waals surface area contributed by atoms with Crippen LogP contribution in [0.1, 0.15) is 26.3 Å². The van der Waals surface area contributed by atoms with E-state index in [0.717, 1.165) is 5.75 Å². The SMILES string of the molecule is Cc1c(Sc2ccccc2)ccc(OC(C)(C)C)[c]1[Hg]. The fourth-order valence-corrected chi connectivity index (χ4v) is 4.80. The number of benzene rings is 2. The Morgan fingerprint density at radius 2 is 1.65 bits per heavy atom. The van der Waals surface area contributed by atoms with Crippen LogP contribution >= 0.6 is 11.8 Å². The molecule has 0 saturated heterocycles. The van der Waals surface area contributed by atoms with Crippen molar-refractivity contribution in [2.24, 2.45) is 0 Å². The molecule has 0 amide bonds. The van der Waals surface area contributed by atoms with Crippen LogP contribution in [0.5, 0.6) is 5.75 Å². The van der Waals surface area contributed by atoms with Gasteiger partial charge in [-0.3, -0.25) is 0 Å². The molecule has 2 aromatic rings. The average molecular weight is 472 g/mol. The van der Waals surface area contributed by atoms with E-state index in [-0.39, 0.29) is 5.60 Å². The van der Waals surface area contributed by atoms with Gasteiger partial charge in [0.15, 0.2) is 0 Å². The van der Waals surface area contributed by atoms with Gasteiger partial charge in [0.05, 0.1) is 0 Å². The van der Waals surface area contributed by atoms with Crippen molar-refractivity contribution in [1.29, 1.82) is 0 Å². The zero-order valence-electron chi connectivity index (χ0n) is 12.6. The monoisotopic (exact) mass is 473 g/mol. The fourth-order valence-electron chi connectivity index (χ4n) is 1.86. The summed E-state index contributed by atoms with van der Waals surface area (Å²) in [5, 5.41) is 0. The Bertz CT molecular complexity index is 588. The van der Waals surface area contributed by atoms with E-state index in [4.69, 9.17) is 4.74 Å². The summed E-state index contributed by atoms with van der Waals surface area (Å²) in [5.41, 5.74) is 1.25. The molecule has 0 saturated carbocycles. The molecule has 20 heavy (non-hydrogen) atoms. The van der Waals surface area contributed by atoms with Crippen LogP contribution in [0.2, 0.25) is 0 Å². The van der Waals surface area contributed by atoms with E-state index in [9.17, 15) is 0 Å². The third-order valence-electron chi connectivity index (χ3n) is 2.89. The van der Waals surface area contributed by atoms with Crippen molar-refractivity contribution < 1.29 is 30.9 Å². The third-order valence-corrected chi connectivity index (χ3v) is 7.48. The Morgan fingerprint density at radius 3 is 2.25 bits per heavy atom. The third kappa shape index (κ3) is 4.26. The summed E-state index contributed by atoms with van der Waals surface area (Å²) >= 11 is 2.38. The Labute approximate surface area is 142 Å². The number of ether oxygens (including phenoxy) is 1. The van der Waals surface area contributed by atoms with Gasteiger partial charge in [0, 0.05) is 0 Å². The van der Waals surface area contributed by atoms with Gasteiger partial charge in [0.1, 0.15) is 0 Å². The van der Waals surface area contributed by atoms with E-state index in [0.29, 0.717) is 26.1 Å². The van der Waals surface area contributed by atoms with Crippen molar-refractivity contribution in [3.05, 3.63) is 48.0 Å². The maximum atomic E-state index is 6.06. The molecule has 1 nitrogen and oxygen atoms in total. The van der Waals surface area contributed by atoms with Crippen molar-refractivity contribution in [3.63, 3.8) is 0 Å². The van der Waals surface area contributed by atoms with E-state index < -0.39 is 0 Å². The molecule has 2 aromatic carbocycles. The van der Waals surface area contributed by atoms with Gasteiger partial charge < -0.3 is 0 Å². The maximum absolute atomic E-state index is 6.06. The molecule has 0 aromatic heterocycles. The first-order chi connectivity index (χ1) is 9.37. The van der Waals surface area contributed by atoms with Crippen LogP contribution in [-0.2, 0) is 26.1 Å². The van der Waals surface area contributed by atoms with Gasteiger partial charge in [0.25, 0.3) is 0 Å². The standard InChI is InChI=1S/C17H19OS.Hg/c1-13-12-14(18-17(2,3)4)10-11-16(13)19-15-8-6-5-7-9-15;/h5-11H,1-4H3;. The van der Waals surface area contributed by atoms with Crippen molar-refractivity contribution in [2.45, 2.75) is 43.1 Å². The summed E-state index contributed by atoms with van der Waals surface area (Å²) in [6, 6.07) is 14.8. The molecular weight excluding hydrogens is 453 g/mol. The number of hydrogen-bond acceptors (Lipinski definition) is 2. The molecule has 0 unspecified atom stereocenters. The fraction of sp³-hybridized carbons (Fsp3) is 0.294. The van der Waals surface area contributed by atoms with Gasteiger partial charge in [0.2, 0.25) is 0 Å². The minimum absolute atomic E-state index is 0.130. The van der Waals surface area contributed by atoms with E-state index >= 15 is 0 Å². The molecule has 0 aliphatic carbocycles. The predicted molar refractivity (Wildman–Crippen MR) is 81.8 cm³/mol. The number of rotatable bonds is 3. The van der Waals surface area contributed by atoms with E-state index in [1.54, 1.807) is 0 Å². The first-order valence-corrected chi connectivity index (χ1v) is 10.3. The van der Waals surface area contributed by atoms with Crippen molar-refractivity contribution in [1.82, 2.24) is 0 Å². The van der Waals surface area contributed by atoms with Gasteiger partial charge in [-0.05, 0) is 0 Å². The molecule has 0 heterocycles. The summed E-state index contributed by atoms with van der Waals surface area (Å²) in [5.74, 6) is 1.07. The second kappa shape index (κ2) is 6.53. The molecule has 0 fully saturated rings. The second-order valence-corrected chi connectivity index (χ2v) is 9.66. The summed E-state index contributed by atoms with van der Waals surface area (Å²) in [6.07, 6.45) is 0. The van der Waals surface area contributed by atoms with Crippen LogP contribution in [0.4, 0.5) is 0 Å². The molecule has 0 aliphatic heterocycles. The summed E-state index contributed by atoms with van der Waals surface area (Å²) < 4.78 is 7.48. The van der Waals surface area contributed by atoms with E-state index in [2.05, 4.69) is 70.2 Å². The van der Waals surface area contributed by atoms with Crippen LogP contribution in [0, 0.1) is 6.92 Å². The quantitative estimate of drug-likeness (QED) is 0.610. The van der Waals surface area contributed by atoms with Gasteiger partial charge >= 0.3 is 143 Å². The Kier molecular flexibility index (Phi) is 5.19. The summed E-state index contributed by atoms with van der Waals surface area (Å²) in [4.78, 5) is 2.62. The summed E-state index contributed by atoms with van der Waals surface area (Å²) in [6.45, 7) is 8.51. The predicted octanol–water partition coefficient (Wildman–Crippen LogP) is 4.50. The topological polar surface area (TPSA) is 9.23 Å². The van der Waals surface area contributed by atoms with E-state index in [1.165, 1.54) is 18.4 Å². The zero-order valence-corrected chi connectivity index (χ0v) is 18.9. The van der Waals surface area contributed by atoms with Gasteiger partial charge in [-0.2, -0.15) is 0 Å². The van der Waals surface area contributed by atoms with Crippen molar-refractivity contribution in [2.75, 3.05) is 0 Å². The molecule has 0 spiro atoms. The molecule has 0 radical (unpaired) electrons. The molecule has 0 aliphatic rings. The van der Waals surface area contributed by atoms with Gasteiger partial charge in [-0.1, -0.05) is 0 Å². The Balaban J connectivity index is 2.27. The molecule has 0 bridgehead atoms. The van der Waals surface area contributed by atoms with Crippen LogP contribution < -0.4 is 7.81 Å². The van der Waals surface area contributed by atoms with Gasteiger partial charge in [-0.25, -0.2) is 0 Å². The van der Waals surface area contributed by atoms with Crippen LogP contribution in [-0.4, -0.2) is 5.60 Å². The number of hydrogen-bond donors (Lipinski definition) is 0. The normalized spacial score (nSPS) is 11.5. The second-order valence-electron chi connectivity index (χ2n) is 5.79. The van der Waals surface area contributed by atoms with Crippen molar-refractivity contribution in [3.8, 4) is 5.75 Å². The van der Waals surface area contributed by atoms with Crippen LogP contribution in [0.3, 0.4) is 0 Å². The van der Waals surface area contributed by atoms with Crippen molar-refractivity contribution >= 4 is 14.8 Å². The molecule has 101 valence electrons. The Morgan fingerprint density at radius 1 is 1.00 bits per heavy atom. The molecule has 2 rings (SSSR count). The molecular formula is C17H19HgOS. The zero-order chi connectivity index (χ0) is 14.8. The Hall–Kier alpha value is -0.475. The summed E-state index contributed by atoms with van der Waals surface area (Å²) in [7, 11) is 0. The molecule has 3 heteroatoms. The van der Waals surface area contributed by atoms with Gasteiger partial charge in [-0.15, -0.1) is 0 Å². The van der Waals surface area contributed by atoms with E-state index in [1.807, 2.05) is 11.8 Å². The minimum atomic E-state index is -0.130. The molecule has 0 N–H and O–H groups in total. The first kappa shape index (κ1) is 15.9. The molecule has 0 atom stereocenters. The average Bonchev–Trinajstić information content (AvgIpc) is 2.38. The van der Waals surface area contributed by atoms with Crippen LogP contribution in [0.15, 0.2) is 52.3 Å². The first-order valence-electron chi connectivity index (χ1n) is 6.74. The van der Waals surface area contributed by atoms with Crippen LogP contribution in [0.25, 0.3) is 0 Å².